The summed E-state index contributed by atoms with van der Waals surface area (Å²) in [5.41, 5.74) is 1.91. The molecule has 0 unspecified atom stereocenters. The van der Waals surface area contributed by atoms with Crippen molar-refractivity contribution in [3.8, 4) is 0 Å². The van der Waals surface area contributed by atoms with Gasteiger partial charge in [0.25, 0.3) is 0 Å². The maximum absolute atomic E-state index is 11.2. The molecule has 108 valence electrons. The van der Waals surface area contributed by atoms with Gasteiger partial charge in [-0.05, 0) is 32.4 Å². The third-order valence-electron chi connectivity index (χ3n) is 2.62. The predicted octanol–water partition coefficient (Wildman–Crippen LogP) is 4.82. The molecule has 0 spiro atoms. The van der Waals surface area contributed by atoms with Crippen LogP contribution in [0.4, 0.5) is 5.69 Å². The van der Waals surface area contributed by atoms with Gasteiger partial charge in [-0.2, -0.15) is 0 Å². The van der Waals surface area contributed by atoms with Crippen LogP contribution in [-0.4, -0.2) is 5.78 Å². The zero-order valence-electron chi connectivity index (χ0n) is 12.7. The first-order valence-corrected chi connectivity index (χ1v) is 8.39. The van der Waals surface area contributed by atoms with Crippen molar-refractivity contribution in [1.29, 1.82) is 0 Å². The lowest BCUT2D eigenvalue weighted by Gasteiger charge is -2.01. The van der Waals surface area contributed by atoms with Crippen molar-refractivity contribution in [2.45, 2.75) is 41.0 Å². The van der Waals surface area contributed by atoms with Gasteiger partial charge in [-0.1, -0.05) is 32.0 Å². The standard InChI is InChI=1S/C14H15NOS2.C2H6/c1-9(16)8-12-6-4-5-7-13(12)15-14-17-10(2)11(3)18-14;1-2/h4-7H,8H2,1-3H3;1-2H3. The second-order valence-corrected chi connectivity index (χ2v) is 6.87. The van der Waals surface area contributed by atoms with Gasteiger partial charge in [-0.3, -0.25) is 4.79 Å². The third-order valence-corrected chi connectivity index (χ3v) is 5.01. The molecule has 0 atom stereocenters. The summed E-state index contributed by atoms with van der Waals surface area (Å²) < 4.78 is 1.04. The number of carbonyl (C=O) groups is 1. The van der Waals surface area contributed by atoms with E-state index in [1.165, 1.54) is 9.75 Å². The summed E-state index contributed by atoms with van der Waals surface area (Å²) in [6.07, 6.45) is 0.452. The number of para-hydroxylation sites is 1. The number of nitrogens with zero attached hydrogens (tertiary/aromatic N) is 1. The number of carbonyl (C=O) groups excluding carboxylic acids is 1. The van der Waals surface area contributed by atoms with Crippen LogP contribution < -0.4 is 3.98 Å². The SMILES string of the molecule is CC.CC(=O)Cc1ccccc1N=c1sc(C)c(C)s1. The van der Waals surface area contributed by atoms with Crippen LogP contribution in [0.3, 0.4) is 0 Å². The zero-order chi connectivity index (χ0) is 15.1. The van der Waals surface area contributed by atoms with Gasteiger partial charge < -0.3 is 0 Å². The Morgan fingerprint density at radius 3 is 2.20 bits per heavy atom. The normalized spacial score (nSPS) is 9.65. The highest BCUT2D eigenvalue weighted by Crippen LogP contribution is 2.21. The number of benzene rings is 1. The van der Waals surface area contributed by atoms with Gasteiger partial charge in [0.1, 0.15) is 5.78 Å². The minimum Gasteiger partial charge on any atom is -0.300 e. The summed E-state index contributed by atoms with van der Waals surface area (Å²) in [5, 5.41) is 0. The first kappa shape index (κ1) is 16.8. The topological polar surface area (TPSA) is 29.4 Å². The molecular weight excluding hydrogens is 286 g/mol. The molecule has 0 saturated heterocycles. The number of Topliss-reactive ketones (excluding diaryl/α,β-unsaturated/α-hetero) is 1. The van der Waals surface area contributed by atoms with Gasteiger partial charge in [-0.25, -0.2) is 4.99 Å². The molecule has 1 aromatic carbocycles. The molecule has 0 bridgehead atoms. The highest BCUT2D eigenvalue weighted by atomic mass is 32.2. The summed E-state index contributed by atoms with van der Waals surface area (Å²) in [5.74, 6) is 0.167. The lowest BCUT2D eigenvalue weighted by atomic mass is 10.1. The van der Waals surface area contributed by atoms with Crippen molar-refractivity contribution in [3.63, 3.8) is 0 Å². The fraction of sp³-hybridized carbons (Fsp3) is 0.375. The molecule has 0 aliphatic heterocycles. The molecule has 0 aliphatic carbocycles. The molecule has 2 aromatic rings. The number of hydrogen-bond acceptors (Lipinski definition) is 4. The molecular formula is C16H21NOS2. The zero-order valence-corrected chi connectivity index (χ0v) is 14.3. The quantitative estimate of drug-likeness (QED) is 0.799. The minimum atomic E-state index is 0.167. The number of aryl methyl sites for hydroxylation is 2. The van der Waals surface area contributed by atoms with Crippen LogP contribution in [0, 0.1) is 13.8 Å². The van der Waals surface area contributed by atoms with Gasteiger partial charge in [0.2, 0.25) is 0 Å². The van der Waals surface area contributed by atoms with Gasteiger partial charge in [0, 0.05) is 16.2 Å². The van der Waals surface area contributed by atoms with E-state index >= 15 is 0 Å². The highest BCUT2D eigenvalue weighted by molar-refractivity contribution is 7.27. The Morgan fingerprint density at radius 1 is 1.10 bits per heavy atom. The van der Waals surface area contributed by atoms with E-state index in [2.05, 4.69) is 18.8 Å². The fourth-order valence-electron chi connectivity index (χ4n) is 1.61. The Morgan fingerprint density at radius 2 is 1.65 bits per heavy atom. The molecule has 0 aliphatic rings. The van der Waals surface area contributed by atoms with E-state index in [4.69, 9.17) is 0 Å². The first-order valence-electron chi connectivity index (χ1n) is 6.75. The van der Waals surface area contributed by atoms with Crippen molar-refractivity contribution in [3.05, 3.63) is 43.6 Å². The smallest absolute Gasteiger partial charge is 0.171 e. The molecule has 4 heteroatoms. The van der Waals surface area contributed by atoms with Crippen molar-refractivity contribution in [1.82, 2.24) is 0 Å². The van der Waals surface area contributed by atoms with E-state index < -0.39 is 0 Å². The van der Waals surface area contributed by atoms with Gasteiger partial charge in [0.05, 0.1) is 5.69 Å². The molecule has 2 nitrogen and oxygen atoms in total. The number of rotatable bonds is 3. The average molecular weight is 307 g/mol. The van der Waals surface area contributed by atoms with Gasteiger partial charge in [-0.15, -0.1) is 22.7 Å². The van der Waals surface area contributed by atoms with Crippen molar-refractivity contribution >= 4 is 34.1 Å². The summed E-state index contributed by atoms with van der Waals surface area (Å²) in [7, 11) is 0. The second-order valence-electron chi connectivity index (χ2n) is 4.20. The monoisotopic (exact) mass is 307 g/mol. The molecule has 2 rings (SSSR count). The average Bonchev–Trinajstić information content (AvgIpc) is 2.72. The van der Waals surface area contributed by atoms with Crippen LogP contribution in [-0.2, 0) is 11.2 Å². The summed E-state index contributed by atoms with van der Waals surface area (Å²) in [6.45, 7) is 9.83. The Labute approximate surface area is 128 Å². The third kappa shape index (κ3) is 4.69. The second kappa shape index (κ2) is 8.12. The van der Waals surface area contributed by atoms with E-state index in [1.807, 2.05) is 38.1 Å². The van der Waals surface area contributed by atoms with Crippen molar-refractivity contribution < 1.29 is 4.79 Å². The molecule has 0 amide bonds. The van der Waals surface area contributed by atoms with Crippen LogP contribution in [0.5, 0.6) is 0 Å². The maximum atomic E-state index is 11.2. The van der Waals surface area contributed by atoms with E-state index in [1.54, 1.807) is 29.6 Å². The number of ketones is 1. The maximum Gasteiger partial charge on any atom is 0.171 e. The molecule has 1 aromatic heterocycles. The van der Waals surface area contributed by atoms with Crippen LogP contribution in [0.1, 0.15) is 36.1 Å². The molecule has 20 heavy (non-hydrogen) atoms. The van der Waals surface area contributed by atoms with Crippen LogP contribution in [0.15, 0.2) is 29.3 Å². The largest absolute Gasteiger partial charge is 0.300 e. The Bertz CT molecular complexity index is 615. The lowest BCUT2D eigenvalue weighted by Crippen LogP contribution is -1.97. The van der Waals surface area contributed by atoms with E-state index in [0.717, 1.165) is 15.2 Å². The van der Waals surface area contributed by atoms with E-state index in [-0.39, 0.29) is 5.78 Å². The fourth-order valence-corrected chi connectivity index (χ4v) is 3.87. The first-order chi connectivity index (χ1) is 9.56. The molecule has 0 fully saturated rings. The van der Waals surface area contributed by atoms with Crippen LogP contribution in [0.2, 0.25) is 0 Å². The van der Waals surface area contributed by atoms with Gasteiger partial charge >= 0.3 is 0 Å². The lowest BCUT2D eigenvalue weighted by molar-refractivity contribution is -0.116. The van der Waals surface area contributed by atoms with Crippen molar-refractivity contribution in [2.24, 2.45) is 4.99 Å². The Hall–Kier alpha value is -1.26. The minimum absolute atomic E-state index is 0.167. The van der Waals surface area contributed by atoms with Crippen LogP contribution in [0.25, 0.3) is 0 Å². The van der Waals surface area contributed by atoms with E-state index in [0.29, 0.717) is 6.42 Å². The molecule has 0 N–H and O–H groups in total. The van der Waals surface area contributed by atoms with E-state index in [9.17, 15) is 4.79 Å². The summed E-state index contributed by atoms with van der Waals surface area (Å²) in [6, 6.07) is 7.85. The Kier molecular flexibility index (Phi) is 6.82. The predicted molar refractivity (Wildman–Crippen MR) is 89.1 cm³/mol. The van der Waals surface area contributed by atoms with Crippen LogP contribution >= 0.6 is 22.7 Å². The molecule has 0 radical (unpaired) electrons. The van der Waals surface area contributed by atoms with Gasteiger partial charge in [0.15, 0.2) is 3.98 Å². The molecule has 1 heterocycles. The summed E-state index contributed by atoms with van der Waals surface area (Å²) in [4.78, 5) is 18.5. The number of hydrogen-bond donors (Lipinski definition) is 0. The highest BCUT2D eigenvalue weighted by Gasteiger charge is 2.04. The van der Waals surface area contributed by atoms with Crippen molar-refractivity contribution in [2.75, 3.05) is 0 Å². The summed E-state index contributed by atoms with van der Waals surface area (Å²) >= 11 is 3.41. The molecule has 0 saturated carbocycles. The Balaban J connectivity index is 0.000000956.